The van der Waals surface area contributed by atoms with Crippen molar-refractivity contribution in [3.8, 4) is 0 Å². The third-order valence-electron chi connectivity index (χ3n) is 3.41. The number of benzene rings is 1. The predicted octanol–water partition coefficient (Wildman–Crippen LogP) is 5.34. The van der Waals surface area contributed by atoms with Crippen LogP contribution in [0.15, 0.2) is 24.4 Å². The number of aromatic amines is 1. The molecule has 0 amide bonds. The summed E-state index contributed by atoms with van der Waals surface area (Å²) in [6.07, 6.45) is -1.64. The van der Waals surface area contributed by atoms with Crippen molar-refractivity contribution >= 4 is 10.9 Å². The second-order valence-corrected chi connectivity index (χ2v) is 5.50. The van der Waals surface area contributed by atoms with E-state index in [1.165, 1.54) is 6.07 Å². The lowest BCUT2D eigenvalue weighted by molar-refractivity contribution is -0.136. The largest absolute Gasteiger partial charge is 0.418 e. The molecule has 0 bridgehead atoms. The smallest absolute Gasteiger partial charge is 0.360 e. The highest BCUT2D eigenvalue weighted by molar-refractivity contribution is 5.87. The van der Waals surface area contributed by atoms with E-state index in [4.69, 9.17) is 0 Å². The van der Waals surface area contributed by atoms with Crippen molar-refractivity contribution in [3.05, 3.63) is 35.5 Å². The fourth-order valence-electron chi connectivity index (χ4n) is 2.65. The lowest BCUT2D eigenvalue weighted by atomic mass is 9.91. The van der Waals surface area contributed by atoms with Crippen LogP contribution in [0.3, 0.4) is 0 Å². The summed E-state index contributed by atoms with van der Waals surface area (Å²) in [5.41, 5.74) is 0.573. The number of hydrogen-bond acceptors (Lipinski definition) is 0. The van der Waals surface area contributed by atoms with Gasteiger partial charge in [0.25, 0.3) is 0 Å². The van der Waals surface area contributed by atoms with Crippen LogP contribution < -0.4 is 0 Å². The molecule has 1 atom stereocenters. The van der Waals surface area contributed by atoms with Gasteiger partial charge in [-0.05, 0) is 29.9 Å². The molecule has 0 spiro atoms. The van der Waals surface area contributed by atoms with Crippen LogP contribution in [0.2, 0.25) is 0 Å². The van der Waals surface area contributed by atoms with E-state index in [0.29, 0.717) is 11.3 Å². The monoisotopic (exact) mass is 269 g/mol. The maximum Gasteiger partial charge on any atom is 0.418 e. The summed E-state index contributed by atoms with van der Waals surface area (Å²) in [6.45, 7) is 6.29. The Balaban J connectivity index is 2.50. The Kier molecular flexibility index (Phi) is 3.61. The van der Waals surface area contributed by atoms with Gasteiger partial charge in [-0.15, -0.1) is 0 Å². The Labute approximate surface area is 110 Å². The summed E-state index contributed by atoms with van der Waals surface area (Å²) in [4.78, 5) is 2.80. The molecule has 2 aromatic rings. The molecule has 2 rings (SSSR count). The summed E-state index contributed by atoms with van der Waals surface area (Å²) in [6, 6.07) is 4.35. The molecule has 1 unspecified atom stereocenters. The summed E-state index contributed by atoms with van der Waals surface area (Å²) in [5.74, 6) is 0.767. The maximum atomic E-state index is 12.9. The van der Waals surface area contributed by atoms with Crippen LogP contribution in [-0.4, -0.2) is 4.98 Å². The summed E-state index contributed by atoms with van der Waals surface area (Å²) in [5, 5.41) is 0.683. The van der Waals surface area contributed by atoms with E-state index in [2.05, 4.69) is 25.8 Å². The number of rotatable bonds is 3. The van der Waals surface area contributed by atoms with Crippen LogP contribution in [0.4, 0.5) is 13.2 Å². The molecule has 0 aliphatic rings. The number of hydrogen-bond donors (Lipinski definition) is 1. The molecule has 1 N–H and O–H groups in total. The molecule has 0 fully saturated rings. The van der Waals surface area contributed by atoms with Gasteiger partial charge in [0.05, 0.1) is 11.1 Å². The van der Waals surface area contributed by atoms with E-state index in [1.54, 1.807) is 12.3 Å². The van der Waals surface area contributed by atoms with Crippen molar-refractivity contribution in [2.24, 2.45) is 5.92 Å². The Morgan fingerprint density at radius 3 is 2.42 bits per heavy atom. The minimum absolute atomic E-state index is 0.195. The second-order valence-electron chi connectivity index (χ2n) is 5.50. The molecular weight excluding hydrogens is 251 g/mol. The fourth-order valence-corrected chi connectivity index (χ4v) is 2.65. The summed E-state index contributed by atoms with van der Waals surface area (Å²) < 4.78 is 38.8. The van der Waals surface area contributed by atoms with Crippen molar-refractivity contribution in [2.75, 3.05) is 0 Å². The van der Waals surface area contributed by atoms with E-state index in [0.717, 1.165) is 18.1 Å². The van der Waals surface area contributed by atoms with Gasteiger partial charge in [-0.2, -0.15) is 13.2 Å². The Bertz CT molecular complexity index is 566. The molecule has 0 radical (unpaired) electrons. The SMILES string of the molecule is CC(C)CC(C)c1c[nH]c2c(C(F)(F)F)cccc12. The quantitative estimate of drug-likeness (QED) is 0.774. The van der Waals surface area contributed by atoms with E-state index in [-0.39, 0.29) is 11.4 Å². The van der Waals surface area contributed by atoms with Crippen LogP contribution in [0.5, 0.6) is 0 Å². The topological polar surface area (TPSA) is 15.8 Å². The van der Waals surface area contributed by atoms with E-state index >= 15 is 0 Å². The van der Waals surface area contributed by atoms with Crippen molar-refractivity contribution in [3.63, 3.8) is 0 Å². The summed E-state index contributed by atoms with van der Waals surface area (Å²) >= 11 is 0. The highest BCUT2D eigenvalue weighted by atomic mass is 19.4. The first-order chi connectivity index (χ1) is 8.80. The van der Waals surface area contributed by atoms with Crippen molar-refractivity contribution in [1.29, 1.82) is 0 Å². The standard InChI is InChI=1S/C15H18F3N/c1-9(2)7-10(3)12-8-19-14-11(12)5-4-6-13(14)15(16,17)18/h4-6,8-10,19H,7H2,1-3H3. The lowest BCUT2D eigenvalue weighted by Gasteiger charge is -2.13. The zero-order valence-corrected chi connectivity index (χ0v) is 11.3. The van der Waals surface area contributed by atoms with E-state index < -0.39 is 11.7 Å². The molecule has 0 aliphatic carbocycles. The normalized spacial score (nSPS) is 14.3. The third-order valence-corrected chi connectivity index (χ3v) is 3.41. The zero-order valence-electron chi connectivity index (χ0n) is 11.3. The molecule has 1 heterocycles. The molecule has 19 heavy (non-hydrogen) atoms. The van der Waals surface area contributed by atoms with Gasteiger partial charge in [0.1, 0.15) is 0 Å². The number of halogens is 3. The fraction of sp³-hybridized carbons (Fsp3) is 0.467. The van der Waals surface area contributed by atoms with Crippen molar-refractivity contribution < 1.29 is 13.2 Å². The molecule has 4 heteroatoms. The van der Waals surface area contributed by atoms with Gasteiger partial charge < -0.3 is 4.98 Å². The molecule has 1 aromatic heterocycles. The average Bonchev–Trinajstić information content (AvgIpc) is 2.69. The molecule has 0 saturated heterocycles. The van der Waals surface area contributed by atoms with Gasteiger partial charge in [-0.1, -0.05) is 32.9 Å². The molecular formula is C15H18F3N. The molecule has 104 valence electrons. The second kappa shape index (κ2) is 4.91. The highest BCUT2D eigenvalue weighted by Gasteiger charge is 2.33. The van der Waals surface area contributed by atoms with Gasteiger partial charge in [-0.25, -0.2) is 0 Å². The number of H-pyrrole nitrogens is 1. The van der Waals surface area contributed by atoms with Gasteiger partial charge >= 0.3 is 6.18 Å². The van der Waals surface area contributed by atoms with Crippen LogP contribution in [-0.2, 0) is 6.18 Å². The summed E-state index contributed by atoms with van der Waals surface area (Å²) in [7, 11) is 0. The first kappa shape index (κ1) is 14.0. The minimum atomic E-state index is -4.32. The zero-order chi connectivity index (χ0) is 14.2. The Morgan fingerprint density at radius 1 is 1.16 bits per heavy atom. The number of aromatic nitrogens is 1. The van der Waals surface area contributed by atoms with E-state index in [1.807, 2.05) is 0 Å². The van der Waals surface area contributed by atoms with Crippen LogP contribution in [0.1, 0.15) is 44.2 Å². The van der Waals surface area contributed by atoms with Gasteiger partial charge in [-0.3, -0.25) is 0 Å². The third kappa shape index (κ3) is 2.77. The van der Waals surface area contributed by atoms with Gasteiger partial charge in [0.15, 0.2) is 0 Å². The molecule has 1 aromatic carbocycles. The Hall–Kier alpha value is -1.45. The number of nitrogens with one attached hydrogen (secondary N) is 1. The number of fused-ring (bicyclic) bond motifs is 1. The van der Waals surface area contributed by atoms with Crippen molar-refractivity contribution in [1.82, 2.24) is 4.98 Å². The van der Waals surface area contributed by atoms with Crippen LogP contribution >= 0.6 is 0 Å². The van der Waals surface area contributed by atoms with Crippen LogP contribution in [0.25, 0.3) is 10.9 Å². The minimum Gasteiger partial charge on any atom is -0.360 e. The first-order valence-corrected chi connectivity index (χ1v) is 6.48. The number of alkyl halides is 3. The highest BCUT2D eigenvalue weighted by Crippen LogP contribution is 2.37. The van der Waals surface area contributed by atoms with Gasteiger partial charge in [0, 0.05) is 11.6 Å². The lowest BCUT2D eigenvalue weighted by Crippen LogP contribution is -2.05. The molecule has 0 saturated carbocycles. The van der Waals surface area contributed by atoms with E-state index in [9.17, 15) is 13.2 Å². The molecule has 0 aliphatic heterocycles. The van der Waals surface area contributed by atoms with Gasteiger partial charge in [0.2, 0.25) is 0 Å². The molecule has 1 nitrogen and oxygen atoms in total. The maximum absolute atomic E-state index is 12.9. The Morgan fingerprint density at radius 2 is 1.84 bits per heavy atom. The predicted molar refractivity (Wildman–Crippen MR) is 71.2 cm³/mol. The first-order valence-electron chi connectivity index (χ1n) is 6.48. The number of para-hydroxylation sites is 1. The van der Waals surface area contributed by atoms with Crippen LogP contribution in [0, 0.1) is 5.92 Å². The van der Waals surface area contributed by atoms with Crippen molar-refractivity contribution in [2.45, 2.75) is 39.3 Å². The average molecular weight is 269 g/mol.